The van der Waals surface area contributed by atoms with Crippen molar-refractivity contribution < 1.29 is 4.79 Å². The second-order valence-corrected chi connectivity index (χ2v) is 6.93. The number of amides is 1. The number of hydrogen-bond acceptors (Lipinski definition) is 4. The number of fused-ring (bicyclic) bond motifs is 1. The van der Waals surface area contributed by atoms with Gasteiger partial charge in [-0.3, -0.25) is 4.79 Å². The molecule has 0 spiro atoms. The highest BCUT2D eigenvalue weighted by molar-refractivity contribution is 8.00. The molecule has 0 unspecified atom stereocenters. The van der Waals surface area contributed by atoms with Crippen LogP contribution in [0.4, 0.5) is 5.69 Å². The molecule has 0 aliphatic rings. The number of nitrogens with zero attached hydrogens (tertiary/aromatic N) is 2. The van der Waals surface area contributed by atoms with Crippen molar-refractivity contribution >= 4 is 34.3 Å². The van der Waals surface area contributed by atoms with Crippen LogP contribution in [-0.4, -0.2) is 21.6 Å². The monoisotopic (exact) mass is 351 g/mol. The molecule has 0 aliphatic heterocycles. The standard InChI is InChI=1S/C20H21N3OS/c1-3-14(2)15-8-10-16(11-9-15)23-19(24)12-25-20-17-6-4-5-7-18(17)21-13-22-20/h4-11,13-14H,3,12H2,1-2H3,(H,23,24)/t14-/m1/s1. The summed E-state index contributed by atoms with van der Waals surface area (Å²) >= 11 is 1.43. The summed E-state index contributed by atoms with van der Waals surface area (Å²) in [4.78, 5) is 20.8. The Morgan fingerprint density at radius 3 is 2.64 bits per heavy atom. The van der Waals surface area contributed by atoms with E-state index in [0.29, 0.717) is 11.7 Å². The van der Waals surface area contributed by atoms with Crippen molar-refractivity contribution in [1.29, 1.82) is 0 Å². The summed E-state index contributed by atoms with van der Waals surface area (Å²) in [5.41, 5.74) is 3.01. The maximum atomic E-state index is 12.2. The normalized spacial score (nSPS) is 12.1. The molecule has 3 aromatic rings. The van der Waals surface area contributed by atoms with Gasteiger partial charge in [0.1, 0.15) is 11.4 Å². The zero-order valence-corrected chi connectivity index (χ0v) is 15.2. The van der Waals surface area contributed by atoms with Gasteiger partial charge >= 0.3 is 0 Å². The van der Waals surface area contributed by atoms with E-state index in [2.05, 4.69) is 41.3 Å². The van der Waals surface area contributed by atoms with Crippen LogP contribution in [0.2, 0.25) is 0 Å². The summed E-state index contributed by atoms with van der Waals surface area (Å²) in [5, 5.41) is 4.74. The largest absolute Gasteiger partial charge is 0.325 e. The first-order valence-electron chi connectivity index (χ1n) is 8.39. The summed E-state index contributed by atoms with van der Waals surface area (Å²) in [5.74, 6) is 0.809. The molecule has 0 saturated carbocycles. The molecule has 0 bridgehead atoms. The lowest BCUT2D eigenvalue weighted by atomic mass is 9.99. The fraction of sp³-hybridized carbons (Fsp3) is 0.250. The van der Waals surface area contributed by atoms with E-state index >= 15 is 0 Å². The Hall–Kier alpha value is -2.40. The van der Waals surface area contributed by atoms with Crippen molar-refractivity contribution in [1.82, 2.24) is 9.97 Å². The molecule has 5 heteroatoms. The van der Waals surface area contributed by atoms with Crippen LogP contribution in [-0.2, 0) is 4.79 Å². The summed E-state index contributed by atoms with van der Waals surface area (Å²) in [6, 6.07) is 15.9. The highest BCUT2D eigenvalue weighted by Crippen LogP contribution is 2.24. The average Bonchev–Trinajstić information content (AvgIpc) is 2.66. The highest BCUT2D eigenvalue weighted by Gasteiger charge is 2.09. The van der Waals surface area contributed by atoms with E-state index in [0.717, 1.165) is 28.0 Å². The zero-order chi connectivity index (χ0) is 17.6. The Morgan fingerprint density at radius 1 is 1.12 bits per heavy atom. The minimum atomic E-state index is -0.0380. The van der Waals surface area contributed by atoms with Crippen LogP contribution in [0.25, 0.3) is 10.9 Å². The molecule has 0 radical (unpaired) electrons. The maximum Gasteiger partial charge on any atom is 0.234 e. The Labute approximate surface area is 152 Å². The lowest BCUT2D eigenvalue weighted by Gasteiger charge is -2.10. The number of carbonyl (C=O) groups is 1. The SMILES string of the molecule is CC[C@@H](C)c1ccc(NC(=O)CSc2ncnc3ccccc23)cc1. The molecule has 1 atom stereocenters. The second kappa shape index (κ2) is 8.12. The average molecular weight is 351 g/mol. The molecular formula is C20H21N3OS. The van der Waals surface area contributed by atoms with Gasteiger partial charge in [-0.2, -0.15) is 0 Å². The number of thioether (sulfide) groups is 1. The van der Waals surface area contributed by atoms with Gasteiger partial charge in [0.2, 0.25) is 5.91 Å². The van der Waals surface area contributed by atoms with Gasteiger partial charge in [0.25, 0.3) is 0 Å². The van der Waals surface area contributed by atoms with Crippen molar-refractivity contribution in [3.63, 3.8) is 0 Å². The van der Waals surface area contributed by atoms with Gasteiger partial charge in [-0.1, -0.05) is 55.9 Å². The molecule has 1 heterocycles. The van der Waals surface area contributed by atoms with Gasteiger partial charge in [0.05, 0.1) is 11.3 Å². The molecule has 1 aromatic heterocycles. The van der Waals surface area contributed by atoms with E-state index in [1.165, 1.54) is 23.7 Å². The van der Waals surface area contributed by atoms with Crippen LogP contribution in [0.5, 0.6) is 0 Å². The van der Waals surface area contributed by atoms with Crippen molar-refractivity contribution in [3.05, 3.63) is 60.4 Å². The number of carbonyl (C=O) groups excluding carboxylic acids is 1. The molecular weight excluding hydrogens is 330 g/mol. The van der Waals surface area contributed by atoms with Gasteiger partial charge in [0, 0.05) is 11.1 Å². The van der Waals surface area contributed by atoms with Crippen molar-refractivity contribution in [3.8, 4) is 0 Å². The smallest absolute Gasteiger partial charge is 0.234 e. The summed E-state index contributed by atoms with van der Waals surface area (Å²) in [6.45, 7) is 4.38. The number of benzene rings is 2. The fourth-order valence-corrected chi connectivity index (χ4v) is 3.35. The van der Waals surface area contributed by atoms with E-state index in [1.54, 1.807) is 0 Å². The molecule has 0 fully saturated rings. The van der Waals surface area contributed by atoms with Crippen LogP contribution < -0.4 is 5.32 Å². The molecule has 0 aliphatic carbocycles. The third kappa shape index (κ3) is 4.37. The molecule has 1 N–H and O–H groups in total. The molecule has 3 rings (SSSR count). The number of hydrogen-bond donors (Lipinski definition) is 1. The van der Waals surface area contributed by atoms with Crippen LogP contribution >= 0.6 is 11.8 Å². The first-order chi connectivity index (χ1) is 12.2. The molecule has 0 saturated heterocycles. The molecule has 128 valence electrons. The lowest BCUT2D eigenvalue weighted by molar-refractivity contribution is -0.113. The second-order valence-electron chi connectivity index (χ2n) is 5.96. The zero-order valence-electron chi connectivity index (χ0n) is 14.4. The van der Waals surface area contributed by atoms with Gasteiger partial charge in [-0.15, -0.1) is 0 Å². The van der Waals surface area contributed by atoms with E-state index in [1.807, 2.05) is 36.4 Å². The summed E-state index contributed by atoms with van der Waals surface area (Å²) < 4.78 is 0. The number of nitrogens with one attached hydrogen (secondary N) is 1. The van der Waals surface area contributed by atoms with Gasteiger partial charge in [-0.05, 0) is 36.1 Å². The summed E-state index contributed by atoms with van der Waals surface area (Å²) in [7, 11) is 0. The predicted molar refractivity (Wildman–Crippen MR) is 104 cm³/mol. The molecule has 25 heavy (non-hydrogen) atoms. The Morgan fingerprint density at radius 2 is 1.88 bits per heavy atom. The topological polar surface area (TPSA) is 54.9 Å². The van der Waals surface area contributed by atoms with Crippen molar-refractivity contribution in [2.24, 2.45) is 0 Å². The van der Waals surface area contributed by atoms with Crippen molar-refractivity contribution in [2.75, 3.05) is 11.1 Å². The number of aromatic nitrogens is 2. The van der Waals surface area contributed by atoms with Gasteiger partial charge in [-0.25, -0.2) is 9.97 Å². The van der Waals surface area contributed by atoms with Crippen LogP contribution in [0, 0.1) is 0 Å². The van der Waals surface area contributed by atoms with E-state index in [4.69, 9.17) is 0 Å². The quantitative estimate of drug-likeness (QED) is 0.508. The summed E-state index contributed by atoms with van der Waals surface area (Å²) in [6.07, 6.45) is 2.64. The Balaban J connectivity index is 1.61. The third-order valence-corrected chi connectivity index (χ3v) is 5.23. The molecule has 2 aromatic carbocycles. The number of anilines is 1. The number of para-hydroxylation sites is 1. The minimum absolute atomic E-state index is 0.0380. The van der Waals surface area contributed by atoms with Crippen LogP contribution in [0.15, 0.2) is 59.9 Å². The van der Waals surface area contributed by atoms with E-state index in [-0.39, 0.29) is 5.91 Å². The number of rotatable bonds is 6. The van der Waals surface area contributed by atoms with Crippen LogP contribution in [0.1, 0.15) is 31.7 Å². The van der Waals surface area contributed by atoms with E-state index < -0.39 is 0 Å². The van der Waals surface area contributed by atoms with Crippen molar-refractivity contribution in [2.45, 2.75) is 31.2 Å². The first-order valence-corrected chi connectivity index (χ1v) is 9.38. The van der Waals surface area contributed by atoms with E-state index in [9.17, 15) is 4.79 Å². The lowest BCUT2D eigenvalue weighted by Crippen LogP contribution is -2.14. The Kier molecular flexibility index (Phi) is 5.66. The van der Waals surface area contributed by atoms with Gasteiger partial charge in [0.15, 0.2) is 0 Å². The third-order valence-electron chi connectivity index (χ3n) is 4.22. The van der Waals surface area contributed by atoms with Crippen LogP contribution in [0.3, 0.4) is 0 Å². The maximum absolute atomic E-state index is 12.2. The highest BCUT2D eigenvalue weighted by atomic mass is 32.2. The predicted octanol–water partition coefficient (Wildman–Crippen LogP) is 4.87. The Bertz CT molecular complexity index is 859. The molecule has 4 nitrogen and oxygen atoms in total. The molecule has 1 amide bonds. The minimum Gasteiger partial charge on any atom is -0.325 e. The fourth-order valence-electron chi connectivity index (χ4n) is 2.56. The first kappa shape index (κ1) is 17.4. The van der Waals surface area contributed by atoms with Gasteiger partial charge < -0.3 is 5.32 Å².